The van der Waals surface area contributed by atoms with Gasteiger partial charge in [0.25, 0.3) is 0 Å². The summed E-state index contributed by atoms with van der Waals surface area (Å²) in [6.07, 6.45) is 0. The molecular weight excluding hydrogens is 731 g/mol. The fourth-order valence-corrected chi connectivity index (χ4v) is 8.42. The highest BCUT2D eigenvalue weighted by Gasteiger charge is 2.17. The van der Waals surface area contributed by atoms with Crippen molar-refractivity contribution in [2.24, 2.45) is 0 Å². The normalized spacial score (nSPS) is 11.7. The minimum absolute atomic E-state index is 0.568. The van der Waals surface area contributed by atoms with Crippen LogP contribution in [0.2, 0.25) is 0 Å². The highest BCUT2D eigenvalue weighted by Crippen LogP contribution is 2.35. The maximum absolute atomic E-state index is 5.26. The smallest absolute Gasteiger partial charge is 0.164 e. The van der Waals surface area contributed by atoms with Crippen LogP contribution in [0.15, 0.2) is 200 Å². The standard InChI is InChI=1S/C55H33N5/c1-3-11-36-27-44(19-17-34(36)9-1)53-58-54(45-20-18-35-10-2-4-12-37(35)28-45)60-55(59-53)48-30-46(49-23-21-42-25-38-13-5-7-15-40(38)32-51(42)56-49)29-47(31-48)50-24-22-43-26-39-14-6-8-16-41(39)33-52(43)57-50/h1-33H. The van der Waals surface area contributed by atoms with Crippen molar-refractivity contribution in [3.63, 3.8) is 0 Å². The maximum atomic E-state index is 5.26. The van der Waals surface area contributed by atoms with Crippen LogP contribution in [-0.2, 0) is 0 Å². The molecule has 0 saturated heterocycles. The predicted molar refractivity (Wildman–Crippen MR) is 248 cm³/mol. The zero-order valence-corrected chi connectivity index (χ0v) is 32.3. The van der Waals surface area contributed by atoms with E-state index in [1.807, 2.05) is 0 Å². The second-order valence-corrected chi connectivity index (χ2v) is 15.4. The van der Waals surface area contributed by atoms with Crippen molar-refractivity contribution in [1.82, 2.24) is 24.9 Å². The zero-order valence-electron chi connectivity index (χ0n) is 32.3. The molecule has 5 heteroatoms. The molecule has 12 rings (SSSR count). The SMILES string of the molecule is c1ccc2cc(-c3nc(-c4cc(-c5ccc6cc7ccccc7cc6n5)cc(-c5ccc6cc7ccccc7cc6n5)c4)nc(-c4ccc5ccccc5c4)n3)ccc2c1. The molecule has 0 spiro atoms. The Kier molecular flexibility index (Phi) is 7.78. The summed E-state index contributed by atoms with van der Waals surface area (Å²) in [6.45, 7) is 0. The average Bonchev–Trinajstić information content (AvgIpc) is 3.31. The van der Waals surface area contributed by atoms with Crippen LogP contribution in [-0.4, -0.2) is 24.9 Å². The molecule has 0 radical (unpaired) electrons. The summed E-state index contributed by atoms with van der Waals surface area (Å²) in [7, 11) is 0. The molecule has 0 bridgehead atoms. The third kappa shape index (κ3) is 6.08. The van der Waals surface area contributed by atoms with E-state index in [1.165, 1.54) is 10.8 Å². The minimum Gasteiger partial charge on any atom is -0.248 e. The van der Waals surface area contributed by atoms with Gasteiger partial charge >= 0.3 is 0 Å². The fourth-order valence-electron chi connectivity index (χ4n) is 8.42. The third-order valence-corrected chi connectivity index (χ3v) is 11.5. The molecule has 3 aromatic heterocycles. The first-order valence-electron chi connectivity index (χ1n) is 20.1. The molecule has 9 aromatic carbocycles. The number of aromatic nitrogens is 5. The first-order valence-corrected chi connectivity index (χ1v) is 20.1. The van der Waals surface area contributed by atoms with Gasteiger partial charge in [0, 0.05) is 38.6 Å². The highest BCUT2D eigenvalue weighted by molar-refractivity contribution is 5.99. The second kappa shape index (κ2) is 13.8. The Hall–Kier alpha value is -8.15. The van der Waals surface area contributed by atoms with E-state index < -0.39 is 0 Å². The topological polar surface area (TPSA) is 64.5 Å². The molecule has 0 saturated carbocycles. The van der Waals surface area contributed by atoms with E-state index in [4.69, 9.17) is 24.9 Å². The first-order chi connectivity index (χ1) is 29.6. The number of pyridine rings is 2. The molecule has 0 amide bonds. The molecule has 0 N–H and O–H groups in total. The van der Waals surface area contributed by atoms with E-state index in [0.717, 1.165) is 93.3 Å². The highest BCUT2D eigenvalue weighted by atomic mass is 15.0. The summed E-state index contributed by atoms with van der Waals surface area (Å²) in [5.41, 5.74) is 8.14. The minimum atomic E-state index is 0.568. The molecule has 0 aliphatic heterocycles. The molecule has 0 aliphatic rings. The second-order valence-electron chi connectivity index (χ2n) is 15.4. The summed E-state index contributed by atoms with van der Waals surface area (Å²) in [5.74, 6) is 1.78. The van der Waals surface area contributed by atoms with Gasteiger partial charge in [-0.3, -0.25) is 0 Å². The van der Waals surface area contributed by atoms with Crippen molar-refractivity contribution >= 4 is 64.9 Å². The van der Waals surface area contributed by atoms with Crippen molar-refractivity contribution in [3.05, 3.63) is 200 Å². The lowest BCUT2D eigenvalue weighted by Gasteiger charge is -2.13. The number of hydrogen-bond donors (Lipinski definition) is 0. The molecule has 5 nitrogen and oxygen atoms in total. The lowest BCUT2D eigenvalue weighted by Crippen LogP contribution is -2.01. The molecule has 0 fully saturated rings. The quantitative estimate of drug-likeness (QED) is 0.163. The van der Waals surface area contributed by atoms with E-state index in [9.17, 15) is 0 Å². The van der Waals surface area contributed by atoms with Gasteiger partial charge in [-0.05, 0) is 110 Å². The molecule has 0 aliphatic carbocycles. The van der Waals surface area contributed by atoms with Crippen molar-refractivity contribution in [2.45, 2.75) is 0 Å². The van der Waals surface area contributed by atoms with Crippen LogP contribution in [0.5, 0.6) is 0 Å². The van der Waals surface area contributed by atoms with Gasteiger partial charge in [-0.15, -0.1) is 0 Å². The van der Waals surface area contributed by atoms with Crippen LogP contribution < -0.4 is 0 Å². The molecule has 0 atom stereocenters. The monoisotopic (exact) mass is 763 g/mol. The summed E-state index contributed by atoms with van der Waals surface area (Å²) in [4.78, 5) is 26.2. The Labute approximate surface area is 345 Å². The molecule has 12 aromatic rings. The van der Waals surface area contributed by atoms with E-state index in [1.54, 1.807) is 0 Å². The van der Waals surface area contributed by atoms with Gasteiger partial charge in [-0.2, -0.15) is 0 Å². The van der Waals surface area contributed by atoms with Gasteiger partial charge in [0.2, 0.25) is 0 Å². The van der Waals surface area contributed by atoms with Crippen LogP contribution in [0.1, 0.15) is 0 Å². The van der Waals surface area contributed by atoms with Crippen LogP contribution in [0, 0.1) is 0 Å². The van der Waals surface area contributed by atoms with E-state index in [2.05, 4.69) is 200 Å². The summed E-state index contributed by atoms with van der Waals surface area (Å²) in [5, 5.41) is 11.5. The maximum Gasteiger partial charge on any atom is 0.164 e. The number of nitrogens with zero attached hydrogens (tertiary/aromatic N) is 5. The lowest BCUT2D eigenvalue weighted by atomic mass is 9.98. The lowest BCUT2D eigenvalue weighted by molar-refractivity contribution is 1.07. The van der Waals surface area contributed by atoms with Gasteiger partial charge in [0.15, 0.2) is 17.5 Å². The predicted octanol–water partition coefficient (Wildman–Crippen LogP) is 13.9. The largest absolute Gasteiger partial charge is 0.248 e. The third-order valence-electron chi connectivity index (χ3n) is 11.5. The average molecular weight is 764 g/mol. The van der Waals surface area contributed by atoms with Crippen molar-refractivity contribution in [3.8, 4) is 56.7 Å². The van der Waals surface area contributed by atoms with Crippen molar-refractivity contribution < 1.29 is 0 Å². The Morgan fingerprint density at radius 1 is 0.200 bits per heavy atom. The van der Waals surface area contributed by atoms with E-state index in [0.29, 0.717) is 17.5 Å². The van der Waals surface area contributed by atoms with Crippen LogP contribution in [0.3, 0.4) is 0 Å². The van der Waals surface area contributed by atoms with Crippen LogP contribution >= 0.6 is 0 Å². The number of fused-ring (bicyclic) bond motifs is 6. The molecule has 278 valence electrons. The Balaban J connectivity index is 1.08. The number of rotatable bonds is 5. The molecule has 60 heavy (non-hydrogen) atoms. The zero-order chi connectivity index (χ0) is 39.6. The van der Waals surface area contributed by atoms with E-state index >= 15 is 0 Å². The Bertz CT molecular complexity index is 3450. The number of benzene rings is 9. The van der Waals surface area contributed by atoms with Gasteiger partial charge in [0.05, 0.1) is 22.4 Å². The molecule has 0 unspecified atom stereocenters. The van der Waals surface area contributed by atoms with Gasteiger partial charge < -0.3 is 0 Å². The Morgan fingerprint density at radius 3 is 0.967 bits per heavy atom. The van der Waals surface area contributed by atoms with Gasteiger partial charge in [-0.25, -0.2) is 24.9 Å². The van der Waals surface area contributed by atoms with Gasteiger partial charge in [-0.1, -0.05) is 133 Å². The Morgan fingerprint density at radius 2 is 0.533 bits per heavy atom. The first kappa shape index (κ1) is 33.9. The van der Waals surface area contributed by atoms with Crippen LogP contribution in [0.4, 0.5) is 0 Å². The molecule has 3 heterocycles. The summed E-state index contributed by atoms with van der Waals surface area (Å²) >= 11 is 0. The van der Waals surface area contributed by atoms with Crippen molar-refractivity contribution in [1.29, 1.82) is 0 Å². The van der Waals surface area contributed by atoms with Crippen LogP contribution in [0.25, 0.3) is 122 Å². The number of hydrogen-bond acceptors (Lipinski definition) is 5. The molecular formula is C55H33N5. The van der Waals surface area contributed by atoms with E-state index in [-0.39, 0.29) is 0 Å². The summed E-state index contributed by atoms with van der Waals surface area (Å²) in [6, 6.07) is 70.1. The summed E-state index contributed by atoms with van der Waals surface area (Å²) < 4.78 is 0. The van der Waals surface area contributed by atoms with Crippen molar-refractivity contribution in [2.75, 3.05) is 0 Å². The fraction of sp³-hybridized carbons (Fsp3) is 0. The van der Waals surface area contributed by atoms with Gasteiger partial charge in [0.1, 0.15) is 0 Å².